The summed E-state index contributed by atoms with van der Waals surface area (Å²) in [4.78, 5) is 36.3. The molecular formula is C17H23ClN4O3. The van der Waals surface area contributed by atoms with Crippen LogP contribution in [0.1, 0.15) is 12.5 Å². The van der Waals surface area contributed by atoms with Crippen LogP contribution in [0.5, 0.6) is 0 Å². The molecule has 1 heterocycles. The molecule has 0 bridgehead atoms. The van der Waals surface area contributed by atoms with Gasteiger partial charge in [-0.25, -0.2) is 4.79 Å². The summed E-state index contributed by atoms with van der Waals surface area (Å²) < 4.78 is 2.37. The molecule has 0 spiro atoms. The number of hydrogen-bond donors (Lipinski definition) is 2. The summed E-state index contributed by atoms with van der Waals surface area (Å²) in [6, 6.07) is 10.8. The highest BCUT2D eigenvalue weighted by molar-refractivity contribution is 5.85. The van der Waals surface area contributed by atoms with Gasteiger partial charge in [0.1, 0.15) is 6.54 Å². The van der Waals surface area contributed by atoms with Crippen LogP contribution < -0.4 is 21.9 Å². The molecule has 2 rings (SSSR count). The molecule has 136 valence electrons. The third-order valence-corrected chi connectivity index (χ3v) is 3.51. The Morgan fingerprint density at radius 2 is 1.80 bits per heavy atom. The van der Waals surface area contributed by atoms with Crippen LogP contribution in [0.3, 0.4) is 0 Å². The third-order valence-electron chi connectivity index (χ3n) is 3.51. The summed E-state index contributed by atoms with van der Waals surface area (Å²) >= 11 is 0. The van der Waals surface area contributed by atoms with Crippen LogP contribution in [0, 0.1) is 0 Å². The molecule has 0 radical (unpaired) electrons. The monoisotopic (exact) mass is 366 g/mol. The highest BCUT2D eigenvalue weighted by Crippen LogP contribution is 1.99. The summed E-state index contributed by atoms with van der Waals surface area (Å²) in [6.07, 6.45) is 1.46. The minimum absolute atomic E-state index is 0. The van der Waals surface area contributed by atoms with E-state index in [0.29, 0.717) is 19.6 Å². The van der Waals surface area contributed by atoms with Crippen molar-refractivity contribution in [2.24, 2.45) is 0 Å². The Hall–Kier alpha value is -2.38. The van der Waals surface area contributed by atoms with Crippen LogP contribution >= 0.6 is 12.4 Å². The lowest BCUT2D eigenvalue weighted by molar-refractivity contribution is -0.121. The molecule has 0 aliphatic heterocycles. The van der Waals surface area contributed by atoms with Crippen molar-refractivity contribution in [3.63, 3.8) is 0 Å². The van der Waals surface area contributed by atoms with Crippen molar-refractivity contribution < 1.29 is 4.79 Å². The van der Waals surface area contributed by atoms with Crippen molar-refractivity contribution in [3.8, 4) is 0 Å². The Morgan fingerprint density at radius 3 is 2.48 bits per heavy atom. The average Bonchev–Trinajstić information content (AvgIpc) is 2.59. The van der Waals surface area contributed by atoms with Gasteiger partial charge in [0.05, 0.1) is 6.54 Å². The molecular weight excluding hydrogens is 344 g/mol. The van der Waals surface area contributed by atoms with Gasteiger partial charge in [-0.2, -0.15) is 0 Å². The van der Waals surface area contributed by atoms with E-state index in [9.17, 15) is 14.4 Å². The van der Waals surface area contributed by atoms with Gasteiger partial charge in [-0.1, -0.05) is 37.3 Å². The van der Waals surface area contributed by atoms with Crippen LogP contribution in [0.4, 0.5) is 0 Å². The first-order valence-electron chi connectivity index (χ1n) is 7.93. The number of likely N-dealkylation sites (N-methyl/N-ethyl adjacent to an activating group) is 1. The Labute approximate surface area is 152 Å². The van der Waals surface area contributed by atoms with Crippen LogP contribution in [-0.2, 0) is 17.9 Å². The standard InChI is InChI=1S/C17H22N4O3.ClH/c1-2-18-9-10-19-15(22)13-21-16(23)8-11-20(17(21)24)12-14-6-4-3-5-7-14;/h3-8,11,18H,2,9-10,12-13H2,1H3,(H,19,22);1H. The van der Waals surface area contributed by atoms with Crippen molar-refractivity contribution in [2.45, 2.75) is 20.0 Å². The van der Waals surface area contributed by atoms with Crippen molar-refractivity contribution in [1.29, 1.82) is 0 Å². The number of benzene rings is 1. The number of rotatable bonds is 8. The van der Waals surface area contributed by atoms with E-state index in [1.165, 1.54) is 16.8 Å². The molecule has 0 unspecified atom stereocenters. The van der Waals surface area contributed by atoms with E-state index < -0.39 is 11.2 Å². The van der Waals surface area contributed by atoms with Gasteiger partial charge in [-0.05, 0) is 12.1 Å². The van der Waals surface area contributed by atoms with E-state index in [1.54, 1.807) is 0 Å². The first kappa shape index (κ1) is 20.7. The summed E-state index contributed by atoms with van der Waals surface area (Å²) in [5, 5.41) is 5.76. The number of carbonyl (C=O) groups is 1. The second-order valence-electron chi connectivity index (χ2n) is 5.34. The van der Waals surface area contributed by atoms with Crippen LogP contribution in [0.25, 0.3) is 0 Å². The maximum atomic E-state index is 12.4. The van der Waals surface area contributed by atoms with Crippen LogP contribution in [0.2, 0.25) is 0 Å². The molecule has 0 saturated carbocycles. The highest BCUT2D eigenvalue weighted by Gasteiger charge is 2.10. The predicted molar refractivity (Wildman–Crippen MR) is 99.3 cm³/mol. The van der Waals surface area contributed by atoms with Crippen molar-refractivity contribution in [2.75, 3.05) is 19.6 Å². The summed E-state index contributed by atoms with van der Waals surface area (Å²) in [5.41, 5.74) is -0.0285. The van der Waals surface area contributed by atoms with Gasteiger partial charge in [0, 0.05) is 25.4 Å². The molecule has 1 aromatic heterocycles. The van der Waals surface area contributed by atoms with Gasteiger partial charge in [0.2, 0.25) is 5.91 Å². The predicted octanol–water partition coefficient (Wildman–Crippen LogP) is 0.206. The number of carbonyl (C=O) groups excluding carboxylic acids is 1. The molecule has 2 N–H and O–H groups in total. The third kappa shape index (κ3) is 6.21. The van der Waals surface area contributed by atoms with Gasteiger partial charge in [-0.15, -0.1) is 12.4 Å². The second kappa shape index (κ2) is 10.5. The number of halogens is 1. The number of aromatic nitrogens is 2. The minimum Gasteiger partial charge on any atom is -0.353 e. The SMILES string of the molecule is CCNCCNC(=O)Cn1c(=O)ccn(Cc2ccccc2)c1=O.Cl. The van der Waals surface area contributed by atoms with Gasteiger partial charge >= 0.3 is 5.69 Å². The zero-order valence-corrected chi connectivity index (χ0v) is 14.9. The molecule has 25 heavy (non-hydrogen) atoms. The summed E-state index contributed by atoms with van der Waals surface area (Å²) in [6.45, 7) is 3.96. The topological polar surface area (TPSA) is 85.1 Å². The average molecular weight is 367 g/mol. The lowest BCUT2D eigenvalue weighted by atomic mass is 10.2. The van der Waals surface area contributed by atoms with Crippen molar-refractivity contribution in [3.05, 3.63) is 69.0 Å². The number of hydrogen-bond acceptors (Lipinski definition) is 4. The second-order valence-corrected chi connectivity index (χ2v) is 5.34. The summed E-state index contributed by atoms with van der Waals surface area (Å²) in [5.74, 6) is -0.357. The van der Waals surface area contributed by atoms with Crippen LogP contribution in [-0.4, -0.2) is 34.7 Å². The Kier molecular flexibility index (Phi) is 8.66. The fourth-order valence-corrected chi connectivity index (χ4v) is 2.27. The van der Waals surface area contributed by atoms with E-state index in [-0.39, 0.29) is 24.9 Å². The largest absolute Gasteiger partial charge is 0.353 e. The zero-order valence-electron chi connectivity index (χ0n) is 14.1. The number of amides is 1. The minimum atomic E-state index is -0.492. The molecule has 1 aromatic carbocycles. The quantitative estimate of drug-likeness (QED) is 0.654. The molecule has 0 fully saturated rings. The van der Waals surface area contributed by atoms with E-state index in [4.69, 9.17) is 0 Å². The lowest BCUT2D eigenvalue weighted by Gasteiger charge is -2.10. The fraction of sp³-hybridized carbons (Fsp3) is 0.353. The Balaban J connectivity index is 0.00000312. The first-order chi connectivity index (χ1) is 11.6. The van der Waals surface area contributed by atoms with Gasteiger partial charge in [0.15, 0.2) is 0 Å². The lowest BCUT2D eigenvalue weighted by Crippen LogP contribution is -2.44. The molecule has 0 aliphatic carbocycles. The van der Waals surface area contributed by atoms with E-state index in [1.807, 2.05) is 37.3 Å². The maximum Gasteiger partial charge on any atom is 0.331 e. The molecule has 0 saturated heterocycles. The fourth-order valence-electron chi connectivity index (χ4n) is 2.27. The molecule has 0 atom stereocenters. The van der Waals surface area contributed by atoms with Crippen molar-refractivity contribution >= 4 is 18.3 Å². The molecule has 8 heteroatoms. The Morgan fingerprint density at radius 1 is 1.08 bits per heavy atom. The Bertz CT molecular complexity index is 786. The maximum absolute atomic E-state index is 12.4. The van der Waals surface area contributed by atoms with Gasteiger partial charge in [0.25, 0.3) is 5.56 Å². The molecule has 1 amide bonds. The highest BCUT2D eigenvalue weighted by atomic mass is 35.5. The summed E-state index contributed by atoms with van der Waals surface area (Å²) in [7, 11) is 0. The molecule has 2 aromatic rings. The normalized spacial score (nSPS) is 10.1. The van der Waals surface area contributed by atoms with E-state index >= 15 is 0 Å². The molecule has 7 nitrogen and oxygen atoms in total. The van der Waals surface area contributed by atoms with Gasteiger partial charge in [-0.3, -0.25) is 18.7 Å². The molecule has 0 aliphatic rings. The van der Waals surface area contributed by atoms with Crippen molar-refractivity contribution in [1.82, 2.24) is 19.8 Å². The van der Waals surface area contributed by atoms with Gasteiger partial charge < -0.3 is 10.6 Å². The van der Waals surface area contributed by atoms with E-state index in [0.717, 1.165) is 16.7 Å². The number of nitrogens with zero attached hydrogens (tertiary/aromatic N) is 2. The van der Waals surface area contributed by atoms with E-state index in [2.05, 4.69) is 10.6 Å². The van der Waals surface area contributed by atoms with Crippen LogP contribution in [0.15, 0.2) is 52.2 Å². The number of nitrogens with one attached hydrogen (secondary N) is 2. The first-order valence-corrected chi connectivity index (χ1v) is 7.93. The zero-order chi connectivity index (χ0) is 17.4. The smallest absolute Gasteiger partial charge is 0.331 e.